The van der Waals surface area contributed by atoms with Crippen molar-refractivity contribution in [1.29, 1.82) is 0 Å². The van der Waals surface area contributed by atoms with Gasteiger partial charge in [-0.3, -0.25) is 0 Å². The number of nitrogens with one attached hydrogen (secondary N) is 1. The van der Waals surface area contributed by atoms with Gasteiger partial charge in [0.25, 0.3) is 0 Å². The normalized spacial score (nSPS) is 11.7. The van der Waals surface area contributed by atoms with Crippen LogP contribution >= 0.6 is 22.7 Å². The van der Waals surface area contributed by atoms with Crippen LogP contribution in [0, 0.1) is 0 Å². The predicted molar refractivity (Wildman–Crippen MR) is 102 cm³/mol. The van der Waals surface area contributed by atoms with Crippen molar-refractivity contribution in [2.45, 2.75) is 24.0 Å². The number of sulfonamides is 1. The molecule has 3 aromatic rings. The summed E-state index contributed by atoms with van der Waals surface area (Å²) in [4.78, 5) is 5.58. The molecule has 0 aliphatic heterocycles. The Morgan fingerprint density at radius 2 is 1.92 bits per heavy atom. The number of rotatable bonds is 7. The van der Waals surface area contributed by atoms with Gasteiger partial charge in [0, 0.05) is 28.8 Å². The maximum absolute atomic E-state index is 12.3. The number of phenolic OH excluding ortho intramolecular Hbond substituents is 1. The first-order valence-electron chi connectivity index (χ1n) is 7.80. The Balaban J connectivity index is 1.60. The van der Waals surface area contributed by atoms with E-state index in [-0.39, 0.29) is 5.75 Å². The van der Waals surface area contributed by atoms with Crippen LogP contribution in [0.5, 0.6) is 5.75 Å². The molecule has 0 aliphatic rings. The lowest BCUT2D eigenvalue weighted by Gasteiger charge is -2.03. The molecular weight excluding hydrogens is 376 g/mol. The van der Waals surface area contributed by atoms with Crippen LogP contribution in [0.4, 0.5) is 0 Å². The maximum atomic E-state index is 12.3. The fourth-order valence-electron chi connectivity index (χ4n) is 2.25. The number of aryl methyl sites for hydroxylation is 1. The molecule has 0 radical (unpaired) electrons. The summed E-state index contributed by atoms with van der Waals surface area (Å²) in [5, 5.41) is 12.1. The van der Waals surface area contributed by atoms with Gasteiger partial charge in [-0.2, -0.15) is 0 Å². The van der Waals surface area contributed by atoms with Crippen LogP contribution in [0.15, 0.2) is 46.0 Å². The number of aromatic nitrogens is 1. The van der Waals surface area contributed by atoms with Crippen molar-refractivity contribution >= 4 is 32.7 Å². The number of thiophene rings is 1. The Labute approximate surface area is 155 Å². The molecular formula is C17H18N2O3S3. The van der Waals surface area contributed by atoms with E-state index in [1.165, 1.54) is 22.7 Å². The lowest BCUT2D eigenvalue weighted by atomic mass is 10.2. The summed E-state index contributed by atoms with van der Waals surface area (Å²) in [6, 6.07) is 10.3. The second-order valence-electron chi connectivity index (χ2n) is 5.40. The zero-order valence-corrected chi connectivity index (χ0v) is 16.0. The average molecular weight is 395 g/mol. The zero-order valence-electron chi connectivity index (χ0n) is 13.6. The summed E-state index contributed by atoms with van der Waals surface area (Å²) >= 11 is 2.80. The quantitative estimate of drug-likeness (QED) is 0.641. The van der Waals surface area contributed by atoms with Gasteiger partial charge >= 0.3 is 0 Å². The molecule has 0 unspecified atom stereocenters. The lowest BCUT2D eigenvalue weighted by Crippen LogP contribution is -2.25. The first kappa shape index (κ1) is 18.1. The molecule has 0 bridgehead atoms. The first-order valence-corrected chi connectivity index (χ1v) is 11.0. The SMILES string of the molecule is CCc1ccc(S(=O)(=O)NCCc2nc(-c3ccc(O)cc3)cs2)s1. The summed E-state index contributed by atoms with van der Waals surface area (Å²) in [7, 11) is -3.45. The summed E-state index contributed by atoms with van der Waals surface area (Å²) in [6.45, 7) is 2.31. The number of phenols is 1. The molecule has 8 heteroatoms. The Kier molecular flexibility index (Phi) is 5.53. The second-order valence-corrected chi connectivity index (χ2v) is 9.50. The minimum atomic E-state index is -3.45. The Hall–Kier alpha value is -1.74. The molecule has 5 nitrogen and oxygen atoms in total. The van der Waals surface area contributed by atoms with E-state index in [4.69, 9.17) is 0 Å². The van der Waals surface area contributed by atoms with Gasteiger partial charge in [0.1, 0.15) is 9.96 Å². The van der Waals surface area contributed by atoms with Crippen LogP contribution < -0.4 is 4.72 Å². The highest BCUT2D eigenvalue weighted by molar-refractivity contribution is 7.91. The molecule has 132 valence electrons. The molecule has 0 aliphatic carbocycles. The molecule has 0 amide bonds. The van der Waals surface area contributed by atoms with Crippen molar-refractivity contribution in [3.63, 3.8) is 0 Å². The number of thiazole rings is 1. The molecule has 0 saturated carbocycles. The predicted octanol–water partition coefficient (Wildman–Crippen LogP) is 3.66. The van der Waals surface area contributed by atoms with Gasteiger partial charge in [0.05, 0.1) is 10.7 Å². The molecule has 0 spiro atoms. The van der Waals surface area contributed by atoms with Crippen molar-refractivity contribution < 1.29 is 13.5 Å². The van der Waals surface area contributed by atoms with Gasteiger partial charge in [-0.25, -0.2) is 18.1 Å². The number of nitrogens with zero attached hydrogens (tertiary/aromatic N) is 1. The Bertz CT molecular complexity index is 944. The van der Waals surface area contributed by atoms with Gasteiger partial charge in [-0.15, -0.1) is 22.7 Å². The zero-order chi connectivity index (χ0) is 17.9. The molecule has 25 heavy (non-hydrogen) atoms. The van der Waals surface area contributed by atoms with Crippen molar-refractivity contribution in [3.8, 4) is 17.0 Å². The van der Waals surface area contributed by atoms with Crippen molar-refractivity contribution in [2.24, 2.45) is 0 Å². The number of aromatic hydroxyl groups is 1. The third kappa shape index (κ3) is 4.46. The molecule has 2 N–H and O–H groups in total. The summed E-state index contributed by atoms with van der Waals surface area (Å²) in [5.41, 5.74) is 1.75. The number of benzene rings is 1. The Morgan fingerprint density at radius 1 is 1.16 bits per heavy atom. The molecule has 0 saturated heterocycles. The van der Waals surface area contributed by atoms with Crippen LogP contribution in [0.2, 0.25) is 0 Å². The number of hydrogen-bond acceptors (Lipinski definition) is 6. The summed E-state index contributed by atoms with van der Waals surface area (Å²) < 4.78 is 27.5. The summed E-state index contributed by atoms with van der Waals surface area (Å²) in [6.07, 6.45) is 1.37. The second kappa shape index (κ2) is 7.65. The highest BCUT2D eigenvalue weighted by Crippen LogP contribution is 2.24. The van der Waals surface area contributed by atoms with Gasteiger partial charge in [0.2, 0.25) is 10.0 Å². The molecule has 0 atom stereocenters. The standard InChI is InChI=1S/C17H18N2O3S3/c1-2-14-7-8-17(24-14)25(21,22)18-10-9-16-19-15(11-23-16)12-3-5-13(20)6-4-12/h3-8,11,18,20H,2,9-10H2,1H3. The topological polar surface area (TPSA) is 79.3 Å². The maximum Gasteiger partial charge on any atom is 0.250 e. The summed E-state index contributed by atoms with van der Waals surface area (Å²) in [5.74, 6) is 0.216. The van der Waals surface area contributed by atoms with Crippen molar-refractivity contribution in [3.05, 3.63) is 51.7 Å². The third-order valence-electron chi connectivity index (χ3n) is 3.60. The average Bonchev–Trinajstić information content (AvgIpc) is 3.25. The fourth-order valence-corrected chi connectivity index (χ4v) is 5.43. The van der Waals surface area contributed by atoms with Gasteiger partial charge in [-0.1, -0.05) is 6.92 Å². The van der Waals surface area contributed by atoms with Crippen molar-refractivity contribution in [2.75, 3.05) is 6.54 Å². The van der Waals surface area contributed by atoms with E-state index in [1.807, 2.05) is 18.4 Å². The van der Waals surface area contributed by atoms with E-state index >= 15 is 0 Å². The molecule has 0 fully saturated rings. The Morgan fingerprint density at radius 3 is 2.60 bits per heavy atom. The van der Waals surface area contributed by atoms with Crippen LogP contribution in [0.1, 0.15) is 16.8 Å². The van der Waals surface area contributed by atoms with E-state index < -0.39 is 10.0 Å². The van der Waals surface area contributed by atoms with Crippen LogP contribution in [-0.2, 0) is 22.9 Å². The fraction of sp³-hybridized carbons (Fsp3) is 0.235. The van der Waals surface area contributed by atoms with E-state index in [1.54, 1.807) is 30.3 Å². The molecule has 2 aromatic heterocycles. The smallest absolute Gasteiger partial charge is 0.250 e. The molecule has 3 rings (SSSR count). The molecule has 2 heterocycles. The third-order valence-corrected chi connectivity index (χ3v) is 7.69. The number of hydrogen-bond donors (Lipinski definition) is 2. The lowest BCUT2D eigenvalue weighted by molar-refractivity contribution is 0.475. The highest BCUT2D eigenvalue weighted by atomic mass is 32.2. The van der Waals surface area contributed by atoms with E-state index in [0.29, 0.717) is 17.2 Å². The van der Waals surface area contributed by atoms with Gasteiger partial charge in [-0.05, 0) is 42.8 Å². The van der Waals surface area contributed by atoms with E-state index in [9.17, 15) is 13.5 Å². The largest absolute Gasteiger partial charge is 0.508 e. The van der Waals surface area contributed by atoms with Gasteiger partial charge in [0.15, 0.2) is 0 Å². The van der Waals surface area contributed by atoms with E-state index in [2.05, 4.69) is 9.71 Å². The van der Waals surface area contributed by atoms with Crippen LogP contribution in [0.25, 0.3) is 11.3 Å². The van der Waals surface area contributed by atoms with Crippen molar-refractivity contribution in [1.82, 2.24) is 9.71 Å². The van der Waals surface area contributed by atoms with Crippen LogP contribution in [0.3, 0.4) is 0 Å². The minimum absolute atomic E-state index is 0.216. The van der Waals surface area contributed by atoms with Gasteiger partial charge < -0.3 is 5.11 Å². The first-order chi connectivity index (χ1) is 12.0. The molecule has 1 aromatic carbocycles. The monoisotopic (exact) mass is 394 g/mol. The highest BCUT2D eigenvalue weighted by Gasteiger charge is 2.16. The van der Waals surface area contributed by atoms with Crippen LogP contribution in [-0.4, -0.2) is 25.1 Å². The minimum Gasteiger partial charge on any atom is -0.508 e. The van der Waals surface area contributed by atoms with E-state index in [0.717, 1.165) is 27.6 Å².